The number of hydrogen-bond acceptors (Lipinski definition) is 7. The first-order valence-corrected chi connectivity index (χ1v) is 9.78. The first kappa shape index (κ1) is 20.7. The van der Waals surface area contributed by atoms with Crippen LogP contribution in [0.5, 0.6) is 5.75 Å². The van der Waals surface area contributed by atoms with Gasteiger partial charge < -0.3 is 9.64 Å². The van der Waals surface area contributed by atoms with Gasteiger partial charge in [0.15, 0.2) is 5.13 Å². The van der Waals surface area contributed by atoms with E-state index >= 15 is 0 Å². The Kier molecular flexibility index (Phi) is 6.09. The van der Waals surface area contributed by atoms with Crippen LogP contribution in [0.1, 0.15) is 15.9 Å². The summed E-state index contributed by atoms with van der Waals surface area (Å²) in [5.41, 5.74) is 1.88. The zero-order valence-electron chi connectivity index (χ0n) is 16.7. The van der Waals surface area contributed by atoms with Crippen LogP contribution >= 0.6 is 11.3 Å². The zero-order chi connectivity index (χ0) is 21.1. The van der Waals surface area contributed by atoms with Gasteiger partial charge in [0.05, 0.1) is 16.7 Å². The van der Waals surface area contributed by atoms with E-state index in [4.69, 9.17) is 4.74 Å². The average molecular weight is 414 g/mol. The average Bonchev–Trinajstić information content (AvgIpc) is 3.14. The molecule has 0 atom stereocenters. The van der Waals surface area contributed by atoms with Crippen molar-refractivity contribution in [3.63, 3.8) is 0 Å². The lowest BCUT2D eigenvalue weighted by Crippen LogP contribution is -2.36. The Morgan fingerprint density at radius 3 is 2.66 bits per heavy atom. The molecule has 3 rings (SSSR count). The van der Waals surface area contributed by atoms with Crippen LogP contribution in [-0.2, 0) is 0 Å². The minimum Gasteiger partial charge on any atom is -0.494 e. The van der Waals surface area contributed by atoms with E-state index < -0.39 is 4.92 Å². The third-order valence-corrected chi connectivity index (χ3v) is 5.68. The van der Waals surface area contributed by atoms with Crippen molar-refractivity contribution in [3.8, 4) is 5.75 Å². The van der Waals surface area contributed by atoms with Crippen molar-refractivity contribution in [2.75, 3.05) is 39.2 Å². The Hall–Kier alpha value is -3.04. The predicted octanol–water partition coefficient (Wildman–Crippen LogP) is 3.73. The molecule has 9 heteroatoms. The van der Waals surface area contributed by atoms with E-state index in [1.165, 1.54) is 29.5 Å². The van der Waals surface area contributed by atoms with Crippen LogP contribution in [0.2, 0.25) is 0 Å². The first-order chi connectivity index (χ1) is 13.8. The Morgan fingerprint density at radius 1 is 1.24 bits per heavy atom. The van der Waals surface area contributed by atoms with Gasteiger partial charge in [0, 0.05) is 30.8 Å². The molecule has 2 aromatic carbocycles. The minimum atomic E-state index is -0.507. The molecule has 0 fully saturated rings. The standard InChI is InChI=1S/C20H22N4O4S/c1-13-8-9-16(28-4)17-18(13)29-20(21-17)23(11-10-22(2)3)19(25)14-6-5-7-15(12-14)24(26)27/h5-9,12H,10-11H2,1-4H3. The molecule has 0 saturated heterocycles. The number of nitro benzene ring substituents is 1. The number of aromatic nitrogens is 1. The number of fused-ring (bicyclic) bond motifs is 1. The van der Waals surface area contributed by atoms with Crippen molar-refractivity contribution in [2.24, 2.45) is 0 Å². The maximum atomic E-state index is 13.3. The number of carbonyl (C=O) groups excluding carboxylic acids is 1. The van der Waals surface area contributed by atoms with Crippen LogP contribution < -0.4 is 9.64 Å². The number of nitrogens with zero attached hydrogens (tertiary/aromatic N) is 4. The number of aryl methyl sites for hydroxylation is 1. The summed E-state index contributed by atoms with van der Waals surface area (Å²) in [6.45, 7) is 3.00. The van der Waals surface area contributed by atoms with Gasteiger partial charge in [-0.25, -0.2) is 4.98 Å². The first-order valence-electron chi connectivity index (χ1n) is 8.97. The summed E-state index contributed by atoms with van der Waals surface area (Å²) in [6, 6.07) is 9.57. The SMILES string of the molecule is COc1ccc(C)c2sc(N(CCN(C)C)C(=O)c3cccc([N+](=O)[O-])c3)nc12. The number of carbonyl (C=O) groups is 1. The molecule has 0 unspecified atom stereocenters. The molecule has 0 aliphatic rings. The Labute approximate surface area is 172 Å². The molecule has 0 N–H and O–H groups in total. The molecule has 0 aliphatic heterocycles. The number of methoxy groups -OCH3 is 1. The van der Waals surface area contributed by atoms with Gasteiger partial charge in [0.2, 0.25) is 0 Å². The summed E-state index contributed by atoms with van der Waals surface area (Å²) < 4.78 is 6.36. The molecule has 8 nitrogen and oxygen atoms in total. The second kappa shape index (κ2) is 8.54. The van der Waals surface area contributed by atoms with E-state index in [-0.39, 0.29) is 17.2 Å². The summed E-state index contributed by atoms with van der Waals surface area (Å²) in [5, 5.41) is 11.6. The van der Waals surface area contributed by atoms with Crippen LogP contribution in [0, 0.1) is 17.0 Å². The molecule has 1 aromatic heterocycles. The highest BCUT2D eigenvalue weighted by Gasteiger charge is 2.24. The van der Waals surface area contributed by atoms with Crippen LogP contribution in [-0.4, -0.2) is 55.0 Å². The van der Waals surface area contributed by atoms with Crippen LogP contribution in [0.15, 0.2) is 36.4 Å². The number of amides is 1. The van der Waals surface area contributed by atoms with E-state index in [0.29, 0.717) is 29.5 Å². The summed E-state index contributed by atoms with van der Waals surface area (Å²) in [7, 11) is 5.42. The number of thiazole rings is 1. The van der Waals surface area contributed by atoms with Crippen molar-refractivity contribution in [2.45, 2.75) is 6.92 Å². The smallest absolute Gasteiger partial charge is 0.270 e. The quantitative estimate of drug-likeness (QED) is 0.432. The Morgan fingerprint density at radius 2 is 2.00 bits per heavy atom. The fourth-order valence-corrected chi connectivity index (χ4v) is 3.95. The molecule has 1 amide bonds. The molecule has 29 heavy (non-hydrogen) atoms. The lowest BCUT2D eigenvalue weighted by Gasteiger charge is -2.22. The molecule has 0 spiro atoms. The third kappa shape index (κ3) is 4.36. The predicted molar refractivity (Wildman–Crippen MR) is 114 cm³/mol. The molecular weight excluding hydrogens is 392 g/mol. The van der Waals surface area contributed by atoms with Crippen LogP contribution in [0.3, 0.4) is 0 Å². The molecule has 0 saturated carbocycles. The van der Waals surface area contributed by atoms with E-state index in [1.54, 1.807) is 18.1 Å². The summed E-state index contributed by atoms with van der Waals surface area (Å²) in [6.07, 6.45) is 0. The molecule has 0 aliphatic carbocycles. The maximum absolute atomic E-state index is 13.3. The summed E-state index contributed by atoms with van der Waals surface area (Å²) in [5.74, 6) is 0.315. The Balaban J connectivity index is 2.07. The van der Waals surface area contributed by atoms with Crippen molar-refractivity contribution in [3.05, 3.63) is 57.6 Å². The number of hydrogen-bond donors (Lipinski definition) is 0. The number of ether oxygens (including phenoxy) is 1. The zero-order valence-corrected chi connectivity index (χ0v) is 17.5. The lowest BCUT2D eigenvalue weighted by atomic mass is 10.2. The molecule has 1 heterocycles. The largest absolute Gasteiger partial charge is 0.494 e. The number of benzene rings is 2. The van der Waals surface area contributed by atoms with E-state index in [0.717, 1.165) is 10.3 Å². The lowest BCUT2D eigenvalue weighted by molar-refractivity contribution is -0.384. The van der Waals surface area contributed by atoms with E-state index in [1.807, 2.05) is 38.1 Å². The third-order valence-electron chi connectivity index (χ3n) is 4.46. The number of non-ortho nitro benzene ring substituents is 1. The van der Waals surface area contributed by atoms with Crippen LogP contribution in [0.4, 0.5) is 10.8 Å². The second-order valence-corrected chi connectivity index (χ2v) is 7.80. The molecular formula is C20H22N4O4S. The highest BCUT2D eigenvalue weighted by molar-refractivity contribution is 7.22. The van der Waals surface area contributed by atoms with Gasteiger partial charge in [0.25, 0.3) is 11.6 Å². The van der Waals surface area contributed by atoms with Crippen LogP contribution in [0.25, 0.3) is 10.2 Å². The molecule has 0 bridgehead atoms. The molecule has 3 aromatic rings. The highest BCUT2D eigenvalue weighted by Crippen LogP contribution is 2.36. The number of likely N-dealkylation sites (N-methyl/N-ethyl adjacent to an activating group) is 1. The summed E-state index contributed by atoms with van der Waals surface area (Å²) >= 11 is 1.41. The Bertz CT molecular complexity index is 1060. The second-order valence-electron chi connectivity index (χ2n) is 6.83. The van der Waals surface area contributed by atoms with Crippen molar-refractivity contribution in [1.82, 2.24) is 9.88 Å². The van der Waals surface area contributed by atoms with Gasteiger partial charge in [-0.05, 0) is 38.7 Å². The van der Waals surface area contributed by atoms with Gasteiger partial charge in [0.1, 0.15) is 11.3 Å². The maximum Gasteiger partial charge on any atom is 0.270 e. The van der Waals surface area contributed by atoms with Crippen molar-refractivity contribution >= 4 is 38.3 Å². The number of anilines is 1. The molecule has 0 radical (unpaired) electrons. The van der Waals surface area contributed by atoms with Crippen molar-refractivity contribution in [1.29, 1.82) is 0 Å². The summed E-state index contributed by atoms with van der Waals surface area (Å²) in [4.78, 5) is 32.1. The van der Waals surface area contributed by atoms with Gasteiger partial charge in [-0.1, -0.05) is 23.5 Å². The monoisotopic (exact) mass is 414 g/mol. The van der Waals surface area contributed by atoms with E-state index in [2.05, 4.69) is 4.98 Å². The van der Waals surface area contributed by atoms with Crippen molar-refractivity contribution < 1.29 is 14.5 Å². The van der Waals surface area contributed by atoms with E-state index in [9.17, 15) is 14.9 Å². The highest BCUT2D eigenvalue weighted by atomic mass is 32.1. The minimum absolute atomic E-state index is 0.120. The fourth-order valence-electron chi connectivity index (χ4n) is 2.87. The van der Waals surface area contributed by atoms with Gasteiger partial charge >= 0.3 is 0 Å². The number of nitro groups is 1. The number of rotatable bonds is 7. The molecule has 152 valence electrons. The van der Waals surface area contributed by atoms with Gasteiger partial charge in [-0.3, -0.25) is 19.8 Å². The fraction of sp³-hybridized carbons (Fsp3) is 0.300. The topological polar surface area (TPSA) is 88.8 Å². The van der Waals surface area contributed by atoms with Gasteiger partial charge in [-0.2, -0.15) is 0 Å². The van der Waals surface area contributed by atoms with Gasteiger partial charge in [-0.15, -0.1) is 0 Å². The normalized spacial score (nSPS) is 11.1.